The summed E-state index contributed by atoms with van der Waals surface area (Å²) in [5.74, 6) is 0.770. The van der Waals surface area contributed by atoms with Crippen LogP contribution in [0.2, 0.25) is 0 Å². The number of likely N-dealkylation sites (tertiary alicyclic amines) is 1. The molecule has 7 nitrogen and oxygen atoms in total. The Bertz CT molecular complexity index is 925. The van der Waals surface area contributed by atoms with Crippen LogP contribution in [0.4, 0.5) is 0 Å². The minimum absolute atomic E-state index is 0.0333. The number of carbonyl (C=O) groups excluding carboxylic acids is 1. The number of aromatic amines is 1. The molecule has 32 heavy (non-hydrogen) atoms. The van der Waals surface area contributed by atoms with E-state index in [1.54, 1.807) is 0 Å². The first-order chi connectivity index (χ1) is 15.5. The Morgan fingerprint density at radius 3 is 2.66 bits per heavy atom. The third-order valence-corrected chi connectivity index (χ3v) is 7.65. The van der Waals surface area contributed by atoms with E-state index in [4.69, 9.17) is 4.74 Å². The van der Waals surface area contributed by atoms with Crippen LogP contribution in [0.25, 0.3) is 10.9 Å². The smallest absolute Gasteiger partial charge is 0.274 e. The summed E-state index contributed by atoms with van der Waals surface area (Å²) in [5.41, 5.74) is 1.39. The van der Waals surface area contributed by atoms with Crippen molar-refractivity contribution in [2.75, 3.05) is 52.4 Å². The van der Waals surface area contributed by atoms with Crippen molar-refractivity contribution in [3.8, 4) is 0 Å². The molecule has 3 aliphatic heterocycles. The van der Waals surface area contributed by atoms with Gasteiger partial charge in [-0.3, -0.25) is 14.8 Å². The van der Waals surface area contributed by atoms with Crippen LogP contribution < -0.4 is 0 Å². The van der Waals surface area contributed by atoms with E-state index in [0.717, 1.165) is 62.2 Å². The molecule has 1 atom stereocenters. The fraction of sp³-hybridized carbons (Fsp3) is 0.680. The highest BCUT2D eigenvalue weighted by Crippen LogP contribution is 2.37. The van der Waals surface area contributed by atoms with Gasteiger partial charge in [0.2, 0.25) is 0 Å². The maximum atomic E-state index is 13.2. The minimum atomic E-state index is -0.0671. The van der Waals surface area contributed by atoms with Crippen molar-refractivity contribution in [1.82, 2.24) is 24.9 Å². The first-order valence-electron chi connectivity index (χ1n) is 12.4. The number of carbonyl (C=O) groups is 1. The molecule has 1 spiro atoms. The number of nitrogens with one attached hydrogen (secondary N) is 1. The molecule has 4 heterocycles. The molecule has 0 saturated carbocycles. The largest absolute Gasteiger partial charge is 0.375 e. The lowest BCUT2D eigenvalue weighted by Crippen LogP contribution is -2.57. The number of ether oxygens (including phenoxy) is 1. The van der Waals surface area contributed by atoms with Crippen molar-refractivity contribution in [2.45, 2.75) is 51.2 Å². The zero-order valence-corrected chi connectivity index (χ0v) is 19.6. The number of H-pyrrole nitrogens is 1. The fourth-order valence-corrected chi connectivity index (χ4v) is 5.88. The van der Waals surface area contributed by atoms with Crippen LogP contribution in [0.15, 0.2) is 24.3 Å². The number of amides is 1. The molecule has 0 bridgehead atoms. The molecule has 3 fully saturated rings. The second-order valence-corrected chi connectivity index (χ2v) is 10.3. The third-order valence-electron chi connectivity index (χ3n) is 7.65. The Morgan fingerprint density at radius 2 is 1.91 bits per heavy atom. The molecule has 0 radical (unpaired) electrons. The molecule has 1 aromatic heterocycles. The maximum Gasteiger partial charge on any atom is 0.274 e. The summed E-state index contributed by atoms with van der Waals surface area (Å²) in [6.07, 6.45) is 4.08. The molecule has 1 amide bonds. The Morgan fingerprint density at radius 1 is 1.16 bits per heavy atom. The van der Waals surface area contributed by atoms with Gasteiger partial charge in [-0.1, -0.05) is 32.0 Å². The molecule has 5 rings (SSSR count). The van der Waals surface area contributed by atoms with Gasteiger partial charge in [0.15, 0.2) is 5.69 Å². The molecule has 1 N–H and O–H groups in total. The van der Waals surface area contributed by atoms with E-state index < -0.39 is 0 Å². The van der Waals surface area contributed by atoms with E-state index in [1.807, 2.05) is 29.2 Å². The minimum Gasteiger partial charge on any atom is -0.375 e. The van der Waals surface area contributed by atoms with Crippen molar-refractivity contribution in [3.05, 3.63) is 30.0 Å². The monoisotopic (exact) mass is 439 g/mol. The summed E-state index contributed by atoms with van der Waals surface area (Å²) >= 11 is 0. The molecule has 174 valence electrons. The highest BCUT2D eigenvalue weighted by Gasteiger charge is 2.43. The number of rotatable bonds is 4. The van der Waals surface area contributed by atoms with Gasteiger partial charge < -0.3 is 14.5 Å². The van der Waals surface area contributed by atoms with E-state index in [2.05, 4.69) is 33.8 Å². The zero-order valence-electron chi connectivity index (χ0n) is 19.6. The fourth-order valence-electron chi connectivity index (χ4n) is 5.88. The summed E-state index contributed by atoms with van der Waals surface area (Å²) in [7, 11) is 0. The quantitative estimate of drug-likeness (QED) is 0.794. The Hall–Kier alpha value is -1.96. The van der Waals surface area contributed by atoms with E-state index in [-0.39, 0.29) is 11.5 Å². The summed E-state index contributed by atoms with van der Waals surface area (Å²) in [6, 6.07) is 8.46. The number of piperidine rings is 1. The predicted molar refractivity (Wildman–Crippen MR) is 126 cm³/mol. The lowest BCUT2D eigenvalue weighted by Gasteiger charge is -2.49. The maximum absolute atomic E-state index is 13.2. The van der Waals surface area contributed by atoms with Crippen LogP contribution in [0.1, 0.15) is 50.0 Å². The number of aromatic nitrogens is 2. The highest BCUT2D eigenvalue weighted by atomic mass is 16.5. The summed E-state index contributed by atoms with van der Waals surface area (Å²) in [6.45, 7) is 12.9. The standard InChI is InChI=1S/C25H37N5O2/c1-19(2)18-28-12-14-29(15-13-28)20-7-16-32-25(17-20)8-10-30(11-9-25)24(31)23-21-5-3-4-6-22(21)26-27-23/h3-6,19-20H,7-18H2,1-2H3,(H,26,27). The number of hydrogen-bond acceptors (Lipinski definition) is 5. The normalized spacial score (nSPS) is 25.1. The molecule has 7 heteroatoms. The van der Waals surface area contributed by atoms with Crippen molar-refractivity contribution < 1.29 is 9.53 Å². The topological polar surface area (TPSA) is 64.7 Å². The third kappa shape index (κ3) is 4.43. The van der Waals surface area contributed by atoms with Crippen LogP contribution >= 0.6 is 0 Å². The van der Waals surface area contributed by atoms with Gasteiger partial charge in [-0.2, -0.15) is 5.10 Å². The van der Waals surface area contributed by atoms with Crippen LogP contribution in [0.3, 0.4) is 0 Å². The molecular formula is C25H37N5O2. The van der Waals surface area contributed by atoms with Crippen molar-refractivity contribution in [3.63, 3.8) is 0 Å². The van der Waals surface area contributed by atoms with Gasteiger partial charge in [0.05, 0.1) is 11.1 Å². The molecule has 1 unspecified atom stereocenters. The number of nitrogens with zero attached hydrogens (tertiary/aromatic N) is 4. The van der Waals surface area contributed by atoms with Gasteiger partial charge in [-0.05, 0) is 37.7 Å². The second kappa shape index (κ2) is 9.12. The van der Waals surface area contributed by atoms with E-state index >= 15 is 0 Å². The van der Waals surface area contributed by atoms with E-state index in [0.29, 0.717) is 11.7 Å². The summed E-state index contributed by atoms with van der Waals surface area (Å²) in [4.78, 5) is 20.4. The summed E-state index contributed by atoms with van der Waals surface area (Å²) < 4.78 is 6.39. The van der Waals surface area contributed by atoms with Gasteiger partial charge in [0, 0.05) is 63.8 Å². The average Bonchev–Trinajstić information content (AvgIpc) is 3.24. The summed E-state index contributed by atoms with van der Waals surface area (Å²) in [5, 5.41) is 8.21. The number of piperazine rings is 1. The lowest BCUT2D eigenvalue weighted by molar-refractivity contribution is -0.132. The van der Waals surface area contributed by atoms with Crippen molar-refractivity contribution in [1.29, 1.82) is 0 Å². The molecule has 3 aliphatic rings. The van der Waals surface area contributed by atoms with Gasteiger partial charge in [0.1, 0.15) is 0 Å². The first-order valence-corrected chi connectivity index (χ1v) is 12.4. The Balaban J connectivity index is 1.17. The van der Waals surface area contributed by atoms with Crippen molar-refractivity contribution in [2.24, 2.45) is 5.92 Å². The number of benzene rings is 1. The molecule has 1 aromatic carbocycles. The molecule has 2 aromatic rings. The Kier molecular flexibility index (Phi) is 6.23. The van der Waals surface area contributed by atoms with E-state index in [9.17, 15) is 4.79 Å². The van der Waals surface area contributed by atoms with Crippen molar-refractivity contribution >= 4 is 16.8 Å². The zero-order chi connectivity index (χ0) is 22.1. The van der Waals surface area contributed by atoms with Crippen LogP contribution in [0, 0.1) is 5.92 Å². The molecular weight excluding hydrogens is 402 g/mol. The number of para-hydroxylation sites is 1. The van der Waals surface area contributed by atoms with Crippen LogP contribution in [-0.2, 0) is 4.74 Å². The molecule has 3 saturated heterocycles. The van der Waals surface area contributed by atoms with Crippen LogP contribution in [-0.4, -0.2) is 94.9 Å². The highest BCUT2D eigenvalue weighted by molar-refractivity contribution is 6.04. The Labute approximate surface area is 191 Å². The lowest BCUT2D eigenvalue weighted by atomic mass is 9.81. The van der Waals surface area contributed by atoms with E-state index in [1.165, 1.54) is 32.7 Å². The van der Waals surface area contributed by atoms with Gasteiger partial charge >= 0.3 is 0 Å². The SMILES string of the molecule is CC(C)CN1CCN(C2CCOC3(CCN(C(=O)c4n[nH]c5ccccc45)CC3)C2)CC1. The number of fused-ring (bicyclic) bond motifs is 1. The molecule has 0 aliphatic carbocycles. The van der Waals surface area contributed by atoms with Gasteiger partial charge in [-0.15, -0.1) is 0 Å². The van der Waals surface area contributed by atoms with Gasteiger partial charge in [-0.25, -0.2) is 0 Å². The second-order valence-electron chi connectivity index (χ2n) is 10.3. The first kappa shape index (κ1) is 21.9. The van der Waals surface area contributed by atoms with Crippen LogP contribution in [0.5, 0.6) is 0 Å². The average molecular weight is 440 g/mol. The van der Waals surface area contributed by atoms with Gasteiger partial charge in [0.25, 0.3) is 5.91 Å². The predicted octanol–water partition coefficient (Wildman–Crippen LogP) is 2.99. The number of hydrogen-bond donors (Lipinski definition) is 1.